The van der Waals surface area contributed by atoms with Crippen LogP contribution in [0.2, 0.25) is 0 Å². The Hall–Kier alpha value is -0.167. The van der Waals surface area contributed by atoms with Crippen LogP contribution >= 0.6 is 0 Å². The van der Waals surface area contributed by atoms with E-state index >= 15 is 0 Å². The third-order valence-corrected chi connectivity index (χ3v) is 3.76. The summed E-state index contributed by atoms with van der Waals surface area (Å²) in [5.41, 5.74) is 0. The Kier molecular flexibility index (Phi) is 32.1. The van der Waals surface area contributed by atoms with Crippen molar-refractivity contribution in [3.05, 3.63) is 12.7 Å². The van der Waals surface area contributed by atoms with Gasteiger partial charge in [0.25, 0.3) is 5.97 Å². The standard InChI is InChI=1S/C18H36.C2H4O2.Zn/c1-3-5-7-9-11-13-15-17-18-16-14-12-10-8-6-4-2;1-2(3)4;/h3H,1,4-18H2,2H3;1H3,(H,3,4);. The van der Waals surface area contributed by atoms with Crippen LogP contribution in [0.5, 0.6) is 0 Å². The molecule has 0 aromatic carbocycles. The first kappa shape index (κ1) is 27.7. The summed E-state index contributed by atoms with van der Waals surface area (Å²) < 4.78 is 0. The second-order valence-electron chi connectivity index (χ2n) is 6.19. The Morgan fingerprint density at radius 3 is 1.30 bits per heavy atom. The Morgan fingerprint density at radius 1 is 0.783 bits per heavy atom. The number of rotatable bonds is 15. The number of carboxylic acid groups (broad SMARTS) is 1. The molecule has 2 nitrogen and oxygen atoms in total. The van der Waals surface area contributed by atoms with Gasteiger partial charge in [-0.05, 0) is 12.8 Å². The Balaban J connectivity index is -0.000000712. The number of unbranched alkanes of at least 4 members (excludes halogenated alkanes) is 14. The second kappa shape index (κ2) is 26.7. The van der Waals surface area contributed by atoms with Crippen LogP contribution in [0.1, 0.15) is 110 Å². The minimum absolute atomic E-state index is 0. The van der Waals surface area contributed by atoms with Gasteiger partial charge in [0.15, 0.2) is 0 Å². The van der Waals surface area contributed by atoms with Crippen LogP contribution in [0.3, 0.4) is 0 Å². The fourth-order valence-corrected chi connectivity index (χ4v) is 2.48. The first-order valence-electron chi connectivity index (χ1n) is 9.45. The number of hydrogen-bond acceptors (Lipinski definition) is 1. The van der Waals surface area contributed by atoms with E-state index in [9.17, 15) is 0 Å². The van der Waals surface area contributed by atoms with Crippen molar-refractivity contribution < 1.29 is 29.4 Å². The normalized spacial score (nSPS) is 9.48. The zero-order valence-corrected chi connectivity index (χ0v) is 18.9. The van der Waals surface area contributed by atoms with E-state index in [0.29, 0.717) is 0 Å². The molecule has 0 rings (SSSR count). The summed E-state index contributed by atoms with van der Waals surface area (Å²) in [6.45, 7) is 7.13. The van der Waals surface area contributed by atoms with Gasteiger partial charge in [-0.3, -0.25) is 4.79 Å². The van der Waals surface area contributed by atoms with Gasteiger partial charge < -0.3 is 5.11 Å². The molecule has 0 aliphatic rings. The number of allylic oxidation sites excluding steroid dienone is 1. The smallest absolute Gasteiger partial charge is 0.300 e. The fraction of sp³-hybridized carbons (Fsp3) is 0.850. The molecule has 0 unspecified atom stereocenters. The molecule has 0 atom stereocenters. The van der Waals surface area contributed by atoms with Crippen LogP contribution in [0.4, 0.5) is 0 Å². The van der Waals surface area contributed by atoms with Crippen molar-refractivity contribution >= 4 is 5.97 Å². The van der Waals surface area contributed by atoms with Gasteiger partial charge in [0, 0.05) is 26.4 Å². The molecule has 0 aliphatic heterocycles. The number of carboxylic acids is 1. The number of aliphatic carboxylic acids is 1. The topological polar surface area (TPSA) is 37.3 Å². The summed E-state index contributed by atoms with van der Waals surface area (Å²) >= 11 is 0. The summed E-state index contributed by atoms with van der Waals surface area (Å²) in [6.07, 6.45) is 23.5. The van der Waals surface area contributed by atoms with Gasteiger partial charge in [0.05, 0.1) is 0 Å². The molecule has 0 aliphatic carbocycles. The van der Waals surface area contributed by atoms with Gasteiger partial charge in [-0.15, -0.1) is 6.58 Å². The van der Waals surface area contributed by atoms with Gasteiger partial charge in [-0.1, -0.05) is 96.5 Å². The maximum absolute atomic E-state index is 9.00. The Labute approximate surface area is 158 Å². The van der Waals surface area contributed by atoms with E-state index in [2.05, 4.69) is 13.5 Å². The van der Waals surface area contributed by atoms with Crippen LogP contribution in [0, 0.1) is 0 Å². The van der Waals surface area contributed by atoms with E-state index in [1.54, 1.807) is 0 Å². The summed E-state index contributed by atoms with van der Waals surface area (Å²) in [4.78, 5) is 9.00. The molecule has 3 heteroatoms. The summed E-state index contributed by atoms with van der Waals surface area (Å²) in [6, 6.07) is 0. The van der Waals surface area contributed by atoms with Crippen LogP contribution in [0.15, 0.2) is 12.7 Å². The first-order chi connectivity index (χ1) is 10.6. The molecular formula is C20H40O2Zn. The van der Waals surface area contributed by atoms with Gasteiger partial charge in [0.1, 0.15) is 0 Å². The fourth-order valence-electron chi connectivity index (χ4n) is 2.48. The van der Waals surface area contributed by atoms with E-state index in [-0.39, 0.29) is 19.5 Å². The van der Waals surface area contributed by atoms with Crippen LogP contribution in [-0.2, 0) is 24.3 Å². The molecule has 1 N–H and O–H groups in total. The van der Waals surface area contributed by atoms with Gasteiger partial charge in [-0.25, -0.2) is 0 Å². The molecule has 0 fully saturated rings. The predicted molar refractivity (Wildman–Crippen MR) is 98.4 cm³/mol. The van der Waals surface area contributed by atoms with Crippen molar-refractivity contribution in [2.75, 3.05) is 0 Å². The second-order valence-corrected chi connectivity index (χ2v) is 6.19. The molecule has 0 amide bonds. The van der Waals surface area contributed by atoms with E-state index in [1.807, 2.05) is 6.08 Å². The van der Waals surface area contributed by atoms with E-state index in [0.717, 1.165) is 6.92 Å². The molecule has 0 bridgehead atoms. The minimum atomic E-state index is -0.833. The van der Waals surface area contributed by atoms with Gasteiger partial charge >= 0.3 is 0 Å². The Morgan fingerprint density at radius 2 is 1.04 bits per heavy atom. The number of hydrogen-bond donors (Lipinski definition) is 1. The molecule has 0 aromatic heterocycles. The summed E-state index contributed by atoms with van der Waals surface area (Å²) in [5, 5.41) is 7.42. The van der Waals surface area contributed by atoms with Crippen molar-refractivity contribution in [1.82, 2.24) is 0 Å². The van der Waals surface area contributed by atoms with Crippen LogP contribution in [0.25, 0.3) is 0 Å². The van der Waals surface area contributed by atoms with Crippen molar-refractivity contribution in [2.24, 2.45) is 0 Å². The molecule has 134 valence electrons. The van der Waals surface area contributed by atoms with Crippen molar-refractivity contribution in [3.8, 4) is 0 Å². The Bertz CT molecular complexity index is 226. The minimum Gasteiger partial charge on any atom is -0.481 e. The zero-order chi connectivity index (χ0) is 16.9. The van der Waals surface area contributed by atoms with E-state index in [1.165, 1.54) is 96.3 Å². The van der Waals surface area contributed by atoms with Gasteiger partial charge in [0.2, 0.25) is 0 Å². The predicted octanol–water partition coefficient (Wildman–Crippen LogP) is 7.13. The maximum Gasteiger partial charge on any atom is 0.300 e. The maximum atomic E-state index is 9.00. The largest absolute Gasteiger partial charge is 0.481 e. The third-order valence-electron chi connectivity index (χ3n) is 3.76. The van der Waals surface area contributed by atoms with E-state index < -0.39 is 5.97 Å². The summed E-state index contributed by atoms with van der Waals surface area (Å²) in [7, 11) is 0. The van der Waals surface area contributed by atoms with Crippen LogP contribution in [-0.4, -0.2) is 11.1 Å². The zero-order valence-electron chi connectivity index (χ0n) is 16.0. The molecular weight excluding hydrogens is 338 g/mol. The van der Waals surface area contributed by atoms with Crippen molar-refractivity contribution in [2.45, 2.75) is 110 Å². The van der Waals surface area contributed by atoms with Crippen molar-refractivity contribution in [1.29, 1.82) is 0 Å². The molecule has 0 spiro atoms. The van der Waals surface area contributed by atoms with Crippen LogP contribution < -0.4 is 0 Å². The summed E-state index contributed by atoms with van der Waals surface area (Å²) in [5.74, 6) is -0.833. The molecule has 0 aromatic rings. The molecule has 0 heterocycles. The quantitative estimate of drug-likeness (QED) is 0.187. The first-order valence-corrected chi connectivity index (χ1v) is 9.45. The average molecular weight is 378 g/mol. The average Bonchev–Trinajstić information content (AvgIpc) is 2.47. The van der Waals surface area contributed by atoms with E-state index in [4.69, 9.17) is 9.90 Å². The third kappa shape index (κ3) is 39.0. The molecule has 23 heavy (non-hydrogen) atoms. The number of carbonyl (C=O) groups is 1. The molecule has 0 radical (unpaired) electrons. The monoisotopic (exact) mass is 376 g/mol. The molecule has 0 saturated heterocycles. The van der Waals surface area contributed by atoms with Crippen molar-refractivity contribution in [3.63, 3.8) is 0 Å². The SMILES string of the molecule is C=CCCCCCCCCCCCCCCCC.CC(=O)O.[Zn]. The molecule has 0 saturated carbocycles. The van der Waals surface area contributed by atoms with Gasteiger partial charge in [-0.2, -0.15) is 0 Å².